The van der Waals surface area contributed by atoms with Crippen LogP contribution in [0.3, 0.4) is 0 Å². The first kappa shape index (κ1) is 14.0. The van der Waals surface area contributed by atoms with E-state index < -0.39 is 0 Å². The van der Waals surface area contributed by atoms with Gasteiger partial charge in [-0.3, -0.25) is 9.78 Å². The molecule has 1 N–H and O–H groups in total. The Hall–Kier alpha value is -2.94. The molecule has 0 atom stereocenters. The smallest absolute Gasteiger partial charge is 0.255 e. The Morgan fingerprint density at radius 1 is 0.909 bits per heavy atom. The standard InChI is InChI=1S/C19H16N2O/c22-19(21-17-10-6-12-20-14-17)18-11-5-4-9-16(18)13-15-7-2-1-3-8-15/h1-12,14H,13H2,(H,21,22). The van der Waals surface area contributed by atoms with Crippen molar-refractivity contribution in [2.45, 2.75) is 6.42 Å². The summed E-state index contributed by atoms with van der Waals surface area (Å²) in [7, 11) is 0. The molecule has 3 rings (SSSR count). The highest BCUT2D eigenvalue weighted by atomic mass is 16.1. The number of benzene rings is 2. The zero-order valence-corrected chi connectivity index (χ0v) is 12.1. The van der Waals surface area contributed by atoms with Gasteiger partial charge in [0.05, 0.1) is 11.9 Å². The van der Waals surface area contributed by atoms with Gasteiger partial charge in [0.1, 0.15) is 0 Å². The summed E-state index contributed by atoms with van der Waals surface area (Å²) in [6.07, 6.45) is 4.05. The molecule has 3 heteroatoms. The van der Waals surface area contributed by atoms with Crippen molar-refractivity contribution in [3.63, 3.8) is 0 Å². The van der Waals surface area contributed by atoms with Gasteiger partial charge in [0.2, 0.25) is 0 Å². The monoisotopic (exact) mass is 288 g/mol. The third kappa shape index (κ3) is 3.38. The first-order valence-electron chi connectivity index (χ1n) is 7.16. The lowest BCUT2D eigenvalue weighted by Crippen LogP contribution is -2.14. The van der Waals surface area contributed by atoms with E-state index in [4.69, 9.17) is 0 Å². The fourth-order valence-electron chi connectivity index (χ4n) is 2.35. The molecule has 1 amide bonds. The molecule has 0 fully saturated rings. The van der Waals surface area contributed by atoms with Crippen LogP contribution in [0.1, 0.15) is 21.5 Å². The van der Waals surface area contributed by atoms with Crippen LogP contribution in [0.25, 0.3) is 0 Å². The first-order valence-corrected chi connectivity index (χ1v) is 7.16. The van der Waals surface area contributed by atoms with Crippen molar-refractivity contribution in [2.24, 2.45) is 0 Å². The number of carbonyl (C=O) groups is 1. The van der Waals surface area contributed by atoms with Gasteiger partial charge in [-0.25, -0.2) is 0 Å². The largest absolute Gasteiger partial charge is 0.321 e. The zero-order chi connectivity index (χ0) is 15.2. The quantitative estimate of drug-likeness (QED) is 0.790. The summed E-state index contributed by atoms with van der Waals surface area (Å²) in [4.78, 5) is 16.5. The third-order valence-corrected chi connectivity index (χ3v) is 3.42. The van der Waals surface area contributed by atoms with Crippen LogP contribution < -0.4 is 5.32 Å². The molecule has 22 heavy (non-hydrogen) atoms. The van der Waals surface area contributed by atoms with Gasteiger partial charge < -0.3 is 5.32 Å². The zero-order valence-electron chi connectivity index (χ0n) is 12.1. The maximum Gasteiger partial charge on any atom is 0.255 e. The van der Waals surface area contributed by atoms with Crippen LogP contribution in [0.2, 0.25) is 0 Å². The Labute approximate surface area is 129 Å². The molecule has 0 saturated carbocycles. The molecule has 0 unspecified atom stereocenters. The van der Waals surface area contributed by atoms with Gasteiger partial charge in [0.25, 0.3) is 5.91 Å². The predicted molar refractivity (Wildman–Crippen MR) is 87.9 cm³/mol. The number of nitrogens with zero attached hydrogens (tertiary/aromatic N) is 1. The Kier molecular flexibility index (Phi) is 4.25. The van der Waals surface area contributed by atoms with E-state index in [2.05, 4.69) is 22.4 Å². The van der Waals surface area contributed by atoms with Gasteiger partial charge >= 0.3 is 0 Å². The molecule has 0 bridgehead atoms. The number of aromatic nitrogens is 1. The fraction of sp³-hybridized carbons (Fsp3) is 0.0526. The molecule has 1 heterocycles. The maximum atomic E-state index is 12.5. The van der Waals surface area contributed by atoms with Crippen LogP contribution in [-0.4, -0.2) is 10.9 Å². The number of amides is 1. The molecule has 0 spiro atoms. The van der Waals surface area contributed by atoms with E-state index >= 15 is 0 Å². The van der Waals surface area contributed by atoms with E-state index in [0.29, 0.717) is 11.3 Å². The van der Waals surface area contributed by atoms with Crippen molar-refractivity contribution < 1.29 is 4.79 Å². The first-order chi connectivity index (χ1) is 10.8. The molecule has 1 aromatic heterocycles. The molecule has 0 aliphatic heterocycles. The highest BCUT2D eigenvalue weighted by Gasteiger charge is 2.11. The van der Waals surface area contributed by atoms with Crippen LogP contribution in [0.4, 0.5) is 5.69 Å². The Morgan fingerprint density at radius 3 is 2.45 bits per heavy atom. The molecule has 3 nitrogen and oxygen atoms in total. The van der Waals surface area contributed by atoms with Crippen molar-refractivity contribution >= 4 is 11.6 Å². The summed E-state index contributed by atoms with van der Waals surface area (Å²) < 4.78 is 0. The summed E-state index contributed by atoms with van der Waals surface area (Å²) in [6.45, 7) is 0. The maximum absolute atomic E-state index is 12.5. The number of nitrogens with one attached hydrogen (secondary N) is 1. The lowest BCUT2D eigenvalue weighted by Gasteiger charge is -2.10. The van der Waals surface area contributed by atoms with Gasteiger partial charge in [-0.1, -0.05) is 48.5 Å². The number of hydrogen-bond donors (Lipinski definition) is 1. The summed E-state index contributed by atoms with van der Waals surface area (Å²) in [6, 6.07) is 21.4. The topological polar surface area (TPSA) is 42.0 Å². The van der Waals surface area contributed by atoms with Gasteiger partial charge in [0, 0.05) is 11.8 Å². The highest BCUT2D eigenvalue weighted by Crippen LogP contribution is 2.16. The summed E-state index contributed by atoms with van der Waals surface area (Å²) in [5, 5.41) is 2.88. The van der Waals surface area contributed by atoms with Crippen molar-refractivity contribution in [2.75, 3.05) is 5.32 Å². The van der Waals surface area contributed by atoms with Gasteiger partial charge in [0.15, 0.2) is 0 Å². The molecule has 108 valence electrons. The van der Waals surface area contributed by atoms with Crippen LogP contribution in [0.5, 0.6) is 0 Å². The van der Waals surface area contributed by atoms with Crippen LogP contribution in [-0.2, 0) is 6.42 Å². The minimum atomic E-state index is -0.112. The van der Waals surface area contributed by atoms with Crippen LogP contribution in [0.15, 0.2) is 79.1 Å². The van der Waals surface area contributed by atoms with Gasteiger partial charge in [-0.2, -0.15) is 0 Å². The van der Waals surface area contributed by atoms with E-state index in [0.717, 1.165) is 12.0 Å². The molecular formula is C19H16N2O. The molecule has 0 radical (unpaired) electrons. The minimum absolute atomic E-state index is 0.112. The van der Waals surface area contributed by atoms with Crippen molar-refractivity contribution in [1.29, 1.82) is 0 Å². The van der Waals surface area contributed by atoms with Crippen molar-refractivity contribution in [1.82, 2.24) is 4.98 Å². The average molecular weight is 288 g/mol. The van der Waals surface area contributed by atoms with E-state index in [1.165, 1.54) is 5.56 Å². The normalized spacial score (nSPS) is 10.2. The lowest BCUT2D eigenvalue weighted by molar-refractivity contribution is 0.102. The summed E-state index contributed by atoms with van der Waals surface area (Å²) in [5.41, 5.74) is 3.58. The molecule has 0 aliphatic carbocycles. The summed E-state index contributed by atoms with van der Waals surface area (Å²) in [5.74, 6) is -0.112. The number of rotatable bonds is 4. The molecule has 2 aromatic carbocycles. The van der Waals surface area contributed by atoms with E-state index in [1.807, 2.05) is 48.5 Å². The van der Waals surface area contributed by atoms with E-state index in [9.17, 15) is 4.79 Å². The second-order valence-corrected chi connectivity index (χ2v) is 5.02. The molecule has 0 aliphatic rings. The van der Waals surface area contributed by atoms with Crippen molar-refractivity contribution in [3.8, 4) is 0 Å². The van der Waals surface area contributed by atoms with Gasteiger partial charge in [-0.05, 0) is 35.7 Å². The Morgan fingerprint density at radius 2 is 1.68 bits per heavy atom. The van der Waals surface area contributed by atoms with E-state index in [-0.39, 0.29) is 5.91 Å². The van der Waals surface area contributed by atoms with E-state index in [1.54, 1.807) is 18.5 Å². The number of pyridine rings is 1. The van der Waals surface area contributed by atoms with Crippen molar-refractivity contribution in [3.05, 3.63) is 95.8 Å². The third-order valence-electron chi connectivity index (χ3n) is 3.42. The van der Waals surface area contributed by atoms with Gasteiger partial charge in [-0.15, -0.1) is 0 Å². The highest BCUT2D eigenvalue weighted by molar-refractivity contribution is 6.05. The number of hydrogen-bond acceptors (Lipinski definition) is 2. The second kappa shape index (κ2) is 6.68. The Balaban J connectivity index is 1.83. The molecule has 0 saturated heterocycles. The molecular weight excluding hydrogens is 272 g/mol. The number of carbonyl (C=O) groups excluding carboxylic acids is 1. The average Bonchev–Trinajstić information content (AvgIpc) is 2.57. The van der Waals surface area contributed by atoms with Crippen LogP contribution >= 0.6 is 0 Å². The summed E-state index contributed by atoms with van der Waals surface area (Å²) >= 11 is 0. The fourth-order valence-corrected chi connectivity index (χ4v) is 2.35. The Bertz CT molecular complexity index is 755. The van der Waals surface area contributed by atoms with Crippen LogP contribution in [0, 0.1) is 0 Å². The molecule has 3 aromatic rings. The minimum Gasteiger partial charge on any atom is -0.321 e. The SMILES string of the molecule is O=C(Nc1cccnc1)c1ccccc1Cc1ccccc1. The predicted octanol–water partition coefficient (Wildman–Crippen LogP) is 3.92. The lowest BCUT2D eigenvalue weighted by atomic mass is 9.99. The number of anilines is 1. The second-order valence-electron chi connectivity index (χ2n) is 5.02.